The van der Waals surface area contributed by atoms with E-state index in [0.717, 1.165) is 77.5 Å². The lowest BCUT2D eigenvalue weighted by molar-refractivity contribution is -0.160. The number of anilines is 1. The molecule has 1 aliphatic carbocycles. The van der Waals surface area contributed by atoms with Crippen LogP contribution in [0.25, 0.3) is 5.57 Å². The third-order valence-corrected chi connectivity index (χ3v) is 8.43. The first-order chi connectivity index (χ1) is 18.6. The van der Waals surface area contributed by atoms with Gasteiger partial charge in [-0.25, -0.2) is 0 Å². The fraction of sp³-hybridized carbons (Fsp3) is 0.735. The molecule has 39 heavy (non-hydrogen) atoms. The van der Waals surface area contributed by atoms with Crippen LogP contribution in [0.4, 0.5) is 5.69 Å². The molecule has 1 aromatic carbocycles. The summed E-state index contributed by atoms with van der Waals surface area (Å²) in [5, 5.41) is 10.2. The number of aliphatic hydroxyl groups excluding tert-OH is 1. The summed E-state index contributed by atoms with van der Waals surface area (Å²) >= 11 is 0. The zero-order chi connectivity index (χ0) is 28.6. The molecule has 1 heterocycles. The van der Waals surface area contributed by atoms with Crippen LogP contribution in [0.15, 0.2) is 23.8 Å². The number of hydrogen-bond donors (Lipinski definition) is 1. The Labute approximate surface area is 238 Å². The first-order valence-corrected chi connectivity index (χ1v) is 15.7. The SMILES string of the molecule is CCCOC1(C)CC(c2ccc(N(CCC)CCC)c(CCC)c2)=C(CC[C@H]2C[C@H](O)CC(=O)O2)C(C)(C)C1. The zero-order valence-corrected chi connectivity index (χ0v) is 25.9. The average molecular weight is 542 g/mol. The highest BCUT2D eigenvalue weighted by Crippen LogP contribution is 2.51. The van der Waals surface area contributed by atoms with Crippen molar-refractivity contribution in [2.75, 3.05) is 24.6 Å². The molecule has 0 bridgehead atoms. The largest absolute Gasteiger partial charge is 0.462 e. The lowest BCUT2D eigenvalue weighted by Crippen LogP contribution is -2.41. The van der Waals surface area contributed by atoms with E-state index in [1.54, 1.807) is 0 Å². The van der Waals surface area contributed by atoms with Crippen molar-refractivity contribution in [2.24, 2.45) is 5.41 Å². The highest BCUT2D eigenvalue weighted by Gasteiger charge is 2.43. The Morgan fingerprint density at radius 2 is 1.74 bits per heavy atom. The molecule has 5 heteroatoms. The number of ether oxygens (including phenoxy) is 2. The van der Waals surface area contributed by atoms with Gasteiger partial charge in [-0.3, -0.25) is 4.79 Å². The molecular formula is C34H55NO4. The molecule has 1 N–H and O–H groups in total. The van der Waals surface area contributed by atoms with E-state index >= 15 is 0 Å². The lowest BCUT2D eigenvalue weighted by Gasteiger charge is -2.46. The van der Waals surface area contributed by atoms with Gasteiger partial charge in [0, 0.05) is 38.2 Å². The zero-order valence-electron chi connectivity index (χ0n) is 25.9. The summed E-state index contributed by atoms with van der Waals surface area (Å²) < 4.78 is 12.2. The van der Waals surface area contributed by atoms with Gasteiger partial charge in [0.05, 0.1) is 18.1 Å². The molecule has 0 saturated carbocycles. The highest BCUT2D eigenvalue weighted by atomic mass is 16.5. The van der Waals surface area contributed by atoms with Gasteiger partial charge in [-0.2, -0.15) is 0 Å². The number of benzene rings is 1. The summed E-state index contributed by atoms with van der Waals surface area (Å²) in [6.07, 6.45) is 8.78. The Balaban J connectivity index is 2.05. The van der Waals surface area contributed by atoms with Crippen LogP contribution in [-0.4, -0.2) is 48.6 Å². The van der Waals surface area contributed by atoms with Gasteiger partial charge < -0.3 is 19.5 Å². The van der Waals surface area contributed by atoms with Crippen LogP contribution in [0, 0.1) is 5.41 Å². The first-order valence-electron chi connectivity index (χ1n) is 15.7. The Bertz CT molecular complexity index is 977. The molecule has 2 aliphatic rings. The quantitative estimate of drug-likeness (QED) is 0.243. The molecule has 3 atom stereocenters. The minimum absolute atomic E-state index is 0.0482. The molecule has 1 fully saturated rings. The summed E-state index contributed by atoms with van der Waals surface area (Å²) in [5.74, 6) is -0.278. The maximum Gasteiger partial charge on any atom is 0.308 e. The van der Waals surface area contributed by atoms with Gasteiger partial charge in [0.1, 0.15) is 6.10 Å². The minimum atomic E-state index is -0.590. The second kappa shape index (κ2) is 14.2. The topological polar surface area (TPSA) is 59.0 Å². The predicted octanol–water partition coefficient (Wildman–Crippen LogP) is 7.87. The van der Waals surface area contributed by atoms with Crippen molar-refractivity contribution >= 4 is 17.2 Å². The van der Waals surface area contributed by atoms with Gasteiger partial charge in [0.25, 0.3) is 0 Å². The molecule has 220 valence electrons. The Hall–Kier alpha value is -1.85. The Morgan fingerprint density at radius 3 is 2.36 bits per heavy atom. The number of rotatable bonds is 14. The number of carbonyl (C=O) groups is 1. The second-order valence-electron chi connectivity index (χ2n) is 12.8. The third kappa shape index (κ3) is 8.33. The Morgan fingerprint density at radius 1 is 1.03 bits per heavy atom. The third-order valence-electron chi connectivity index (χ3n) is 8.43. The van der Waals surface area contributed by atoms with Crippen molar-refractivity contribution in [2.45, 2.75) is 137 Å². The number of aryl methyl sites for hydroxylation is 1. The van der Waals surface area contributed by atoms with Gasteiger partial charge in [-0.15, -0.1) is 0 Å². The van der Waals surface area contributed by atoms with E-state index < -0.39 is 6.10 Å². The van der Waals surface area contributed by atoms with Gasteiger partial charge in [0.15, 0.2) is 0 Å². The number of hydrogen-bond acceptors (Lipinski definition) is 5. The van der Waals surface area contributed by atoms with Crippen LogP contribution >= 0.6 is 0 Å². The molecule has 1 saturated heterocycles. The molecule has 0 aromatic heterocycles. The van der Waals surface area contributed by atoms with E-state index in [0.29, 0.717) is 6.42 Å². The van der Waals surface area contributed by atoms with Crippen molar-refractivity contribution in [3.63, 3.8) is 0 Å². The van der Waals surface area contributed by atoms with Crippen molar-refractivity contribution in [1.29, 1.82) is 0 Å². The highest BCUT2D eigenvalue weighted by molar-refractivity contribution is 5.74. The maximum absolute atomic E-state index is 12.0. The second-order valence-corrected chi connectivity index (χ2v) is 12.8. The Kier molecular flexibility index (Phi) is 11.5. The van der Waals surface area contributed by atoms with Crippen LogP contribution in [0.2, 0.25) is 0 Å². The molecule has 0 radical (unpaired) electrons. The van der Waals surface area contributed by atoms with Crippen LogP contribution in [-0.2, 0) is 20.7 Å². The lowest BCUT2D eigenvalue weighted by atomic mass is 9.64. The van der Waals surface area contributed by atoms with Gasteiger partial charge >= 0.3 is 5.97 Å². The van der Waals surface area contributed by atoms with Crippen molar-refractivity contribution in [3.05, 3.63) is 34.9 Å². The monoisotopic (exact) mass is 541 g/mol. The summed E-state index contributed by atoms with van der Waals surface area (Å²) in [6.45, 7) is 18.9. The molecule has 1 unspecified atom stereocenters. The molecule has 5 nitrogen and oxygen atoms in total. The van der Waals surface area contributed by atoms with E-state index in [2.05, 4.69) is 71.6 Å². The van der Waals surface area contributed by atoms with Crippen molar-refractivity contribution in [3.8, 4) is 0 Å². The van der Waals surface area contributed by atoms with E-state index in [1.807, 2.05) is 0 Å². The predicted molar refractivity (Wildman–Crippen MR) is 162 cm³/mol. The number of nitrogens with zero attached hydrogens (tertiary/aromatic N) is 1. The number of esters is 1. The first kappa shape index (κ1) is 31.7. The van der Waals surface area contributed by atoms with Gasteiger partial charge in [-0.05, 0) is 86.1 Å². The van der Waals surface area contributed by atoms with Gasteiger partial charge in [0.2, 0.25) is 0 Å². The minimum Gasteiger partial charge on any atom is -0.462 e. The van der Waals surface area contributed by atoms with E-state index in [9.17, 15) is 9.90 Å². The number of cyclic esters (lactones) is 1. The van der Waals surface area contributed by atoms with Crippen LogP contribution in [0.3, 0.4) is 0 Å². The van der Waals surface area contributed by atoms with E-state index in [1.165, 1.54) is 28.0 Å². The number of carbonyl (C=O) groups excluding carboxylic acids is 1. The average Bonchev–Trinajstić information content (AvgIpc) is 2.86. The molecule has 0 amide bonds. The fourth-order valence-corrected chi connectivity index (χ4v) is 7.00. The summed E-state index contributed by atoms with van der Waals surface area (Å²) in [5.41, 5.74) is 6.71. The molecule has 1 aromatic rings. The smallest absolute Gasteiger partial charge is 0.308 e. The number of allylic oxidation sites excluding steroid dienone is 1. The van der Waals surface area contributed by atoms with E-state index in [4.69, 9.17) is 9.47 Å². The normalized spacial score (nSPS) is 25.1. The summed E-state index contributed by atoms with van der Waals surface area (Å²) in [6, 6.07) is 7.16. The van der Waals surface area contributed by atoms with E-state index in [-0.39, 0.29) is 29.5 Å². The molecular weight excluding hydrogens is 486 g/mol. The maximum atomic E-state index is 12.0. The molecule has 3 rings (SSSR count). The fourth-order valence-electron chi connectivity index (χ4n) is 7.00. The summed E-state index contributed by atoms with van der Waals surface area (Å²) in [7, 11) is 0. The standard InChI is InChI=1S/C34H55NO4/c1-8-12-26-20-25(13-16-31(26)35(17-9-2)18-10-3)29-23-34(7,38-19-11-4)24-33(5,6)30(29)15-14-28-21-27(36)22-32(37)39-28/h13,16,20,27-28,36H,8-12,14-15,17-19,21-24H2,1-7H3/t27-,28-,34?/m0/s1. The molecule has 1 aliphatic heterocycles. The van der Waals surface area contributed by atoms with Crippen LogP contribution in [0.1, 0.15) is 124 Å². The summed E-state index contributed by atoms with van der Waals surface area (Å²) in [4.78, 5) is 14.6. The van der Waals surface area contributed by atoms with Gasteiger partial charge in [-0.1, -0.05) is 59.6 Å². The van der Waals surface area contributed by atoms with Crippen LogP contribution in [0.5, 0.6) is 0 Å². The van der Waals surface area contributed by atoms with Crippen LogP contribution < -0.4 is 4.90 Å². The van der Waals surface area contributed by atoms with Crippen molar-refractivity contribution in [1.82, 2.24) is 0 Å². The number of aliphatic hydroxyl groups is 1. The molecule has 0 spiro atoms. The van der Waals surface area contributed by atoms with Crippen molar-refractivity contribution < 1.29 is 19.4 Å².